The van der Waals surface area contributed by atoms with Gasteiger partial charge < -0.3 is 14.7 Å². The molecule has 20 heavy (non-hydrogen) atoms. The number of hydrogen-bond donors (Lipinski definition) is 2. The Morgan fingerprint density at radius 1 is 1.10 bits per heavy atom. The second-order valence-corrected chi connectivity index (χ2v) is 6.21. The number of nitrogens with one attached hydrogen (secondary N) is 1. The van der Waals surface area contributed by atoms with Crippen molar-refractivity contribution >= 4 is 0 Å². The van der Waals surface area contributed by atoms with Gasteiger partial charge in [-0.2, -0.15) is 0 Å². The van der Waals surface area contributed by atoms with Gasteiger partial charge in [0.05, 0.1) is 13.1 Å². The van der Waals surface area contributed by atoms with Gasteiger partial charge in [-0.1, -0.05) is 17.7 Å². The predicted octanol–water partition coefficient (Wildman–Crippen LogP) is 1.42. The van der Waals surface area contributed by atoms with E-state index in [9.17, 15) is 5.11 Å². The molecule has 2 rings (SSSR count). The SMILES string of the molecule is Cc1cc(C)c(OCC(O)C[NH+]2CCCCC2)c(C)c1. The van der Waals surface area contributed by atoms with Gasteiger partial charge in [-0.15, -0.1) is 0 Å². The molecule has 112 valence electrons. The normalized spacial score (nSPS) is 18.0. The quantitative estimate of drug-likeness (QED) is 0.854. The fourth-order valence-corrected chi connectivity index (χ4v) is 3.22. The Hall–Kier alpha value is -1.06. The number of aliphatic hydroxyl groups is 1. The first-order valence-electron chi connectivity index (χ1n) is 7.78. The zero-order valence-corrected chi connectivity index (χ0v) is 13.0. The van der Waals surface area contributed by atoms with E-state index in [1.807, 2.05) is 0 Å². The van der Waals surface area contributed by atoms with Gasteiger partial charge in [-0.3, -0.25) is 0 Å². The molecule has 0 radical (unpaired) electrons. The number of benzene rings is 1. The molecule has 0 amide bonds. The van der Waals surface area contributed by atoms with Gasteiger partial charge in [0.2, 0.25) is 0 Å². The minimum Gasteiger partial charge on any atom is -0.490 e. The van der Waals surface area contributed by atoms with Crippen LogP contribution in [0.15, 0.2) is 12.1 Å². The van der Waals surface area contributed by atoms with Crippen LogP contribution >= 0.6 is 0 Å². The predicted molar refractivity (Wildman–Crippen MR) is 81.6 cm³/mol. The van der Waals surface area contributed by atoms with E-state index < -0.39 is 0 Å². The van der Waals surface area contributed by atoms with Crippen molar-refractivity contribution in [3.63, 3.8) is 0 Å². The molecule has 0 bridgehead atoms. The Bertz CT molecular complexity index is 416. The molecule has 3 heteroatoms. The van der Waals surface area contributed by atoms with Gasteiger partial charge >= 0.3 is 0 Å². The summed E-state index contributed by atoms with van der Waals surface area (Å²) in [4.78, 5) is 1.52. The third-order valence-electron chi connectivity index (χ3n) is 4.11. The van der Waals surface area contributed by atoms with Crippen LogP contribution < -0.4 is 9.64 Å². The molecule has 2 N–H and O–H groups in total. The zero-order valence-electron chi connectivity index (χ0n) is 13.0. The minimum absolute atomic E-state index is 0.372. The van der Waals surface area contributed by atoms with Gasteiger partial charge in [-0.25, -0.2) is 0 Å². The molecule has 0 aliphatic carbocycles. The van der Waals surface area contributed by atoms with Gasteiger partial charge in [0.1, 0.15) is 25.0 Å². The van der Waals surface area contributed by atoms with E-state index in [2.05, 4.69) is 32.9 Å². The van der Waals surface area contributed by atoms with Crippen molar-refractivity contribution in [1.29, 1.82) is 0 Å². The summed E-state index contributed by atoms with van der Waals surface area (Å²) in [7, 11) is 0. The topological polar surface area (TPSA) is 33.9 Å². The van der Waals surface area contributed by atoms with E-state index in [-0.39, 0.29) is 6.10 Å². The highest BCUT2D eigenvalue weighted by molar-refractivity contribution is 5.42. The molecule has 1 saturated heterocycles. The van der Waals surface area contributed by atoms with E-state index in [1.165, 1.54) is 42.8 Å². The molecule has 3 nitrogen and oxygen atoms in total. The number of piperidine rings is 1. The van der Waals surface area contributed by atoms with Crippen molar-refractivity contribution in [1.82, 2.24) is 0 Å². The number of aryl methyl sites for hydroxylation is 3. The molecule has 1 aliphatic heterocycles. The van der Waals surface area contributed by atoms with Crippen LogP contribution in [0.4, 0.5) is 0 Å². The lowest BCUT2D eigenvalue weighted by Gasteiger charge is -2.26. The fraction of sp³-hybridized carbons (Fsp3) is 0.647. The van der Waals surface area contributed by atoms with Crippen LogP contribution in [0.1, 0.15) is 36.0 Å². The molecule has 1 aromatic carbocycles. The number of quaternary nitrogens is 1. The zero-order chi connectivity index (χ0) is 14.5. The van der Waals surface area contributed by atoms with E-state index >= 15 is 0 Å². The highest BCUT2D eigenvalue weighted by Gasteiger charge is 2.18. The summed E-state index contributed by atoms with van der Waals surface area (Å²) in [6.45, 7) is 9.82. The van der Waals surface area contributed by atoms with E-state index in [0.29, 0.717) is 6.61 Å². The van der Waals surface area contributed by atoms with Crippen molar-refractivity contribution in [2.24, 2.45) is 0 Å². The van der Waals surface area contributed by atoms with Gasteiger partial charge in [0.25, 0.3) is 0 Å². The molecule has 1 heterocycles. The summed E-state index contributed by atoms with van der Waals surface area (Å²) in [6, 6.07) is 4.26. The Kier molecular flexibility index (Phi) is 5.44. The Balaban J connectivity index is 1.85. The molecule has 1 aromatic rings. The molecule has 1 aliphatic rings. The summed E-state index contributed by atoms with van der Waals surface area (Å²) in [5.74, 6) is 0.934. The van der Waals surface area contributed by atoms with Crippen molar-refractivity contribution in [2.45, 2.75) is 46.1 Å². The molecule has 0 spiro atoms. The first-order valence-corrected chi connectivity index (χ1v) is 7.78. The summed E-state index contributed by atoms with van der Waals surface area (Å²) < 4.78 is 5.86. The number of rotatable bonds is 5. The molecule has 0 aromatic heterocycles. The Morgan fingerprint density at radius 3 is 2.30 bits per heavy atom. The molecule has 1 unspecified atom stereocenters. The average Bonchev–Trinajstić information content (AvgIpc) is 2.38. The van der Waals surface area contributed by atoms with Crippen molar-refractivity contribution in [2.75, 3.05) is 26.2 Å². The van der Waals surface area contributed by atoms with Crippen LogP contribution in [0.3, 0.4) is 0 Å². The highest BCUT2D eigenvalue weighted by Crippen LogP contribution is 2.24. The smallest absolute Gasteiger partial charge is 0.137 e. The van der Waals surface area contributed by atoms with Crippen LogP contribution in [0.25, 0.3) is 0 Å². The second-order valence-electron chi connectivity index (χ2n) is 6.21. The lowest BCUT2D eigenvalue weighted by Crippen LogP contribution is -3.14. The highest BCUT2D eigenvalue weighted by atomic mass is 16.5. The number of hydrogen-bond acceptors (Lipinski definition) is 2. The first kappa shape index (κ1) is 15.3. The summed E-state index contributed by atoms with van der Waals surface area (Å²) >= 11 is 0. The average molecular weight is 278 g/mol. The summed E-state index contributed by atoms with van der Waals surface area (Å²) in [6.07, 6.45) is 3.55. The number of aliphatic hydroxyl groups excluding tert-OH is 1. The van der Waals surface area contributed by atoms with E-state index in [4.69, 9.17) is 4.74 Å². The van der Waals surface area contributed by atoms with Crippen molar-refractivity contribution in [3.8, 4) is 5.75 Å². The lowest BCUT2D eigenvalue weighted by atomic mass is 10.1. The van der Waals surface area contributed by atoms with E-state index in [0.717, 1.165) is 23.4 Å². The van der Waals surface area contributed by atoms with Crippen LogP contribution in [-0.2, 0) is 0 Å². The maximum Gasteiger partial charge on any atom is 0.137 e. The monoisotopic (exact) mass is 278 g/mol. The lowest BCUT2D eigenvalue weighted by molar-refractivity contribution is -0.908. The third-order valence-corrected chi connectivity index (χ3v) is 4.11. The molecule has 0 saturated carbocycles. The van der Waals surface area contributed by atoms with Crippen LogP contribution in [-0.4, -0.2) is 37.5 Å². The molecular formula is C17H28NO2+. The van der Waals surface area contributed by atoms with Crippen LogP contribution in [0, 0.1) is 20.8 Å². The fourth-order valence-electron chi connectivity index (χ4n) is 3.22. The number of ether oxygens (including phenoxy) is 1. The second kappa shape index (κ2) is 7.09. The van der Waals surface area contributed by atoms with E-state index in [1.54, 1.807) is 0 Å². The first-order chi connectivity index (χ1) is 9.56. The van der Waals surface area contributed by atoms with Gasteiger partial charge in [0.15, 0.2) is 0 Å². The molecular weight excluding hydrogens is 250 g/mol. The van der Waals surface area contributed by atoms with Crippen molar-refractivity contribution < 1.29 is 14.7 Å². The van der Waals surface area contributed by atoms with Crippen LogP contribution in [0.5, 0.6) is 5.75 Å². The van der Waals surface area contributed by atoms with Gasteiger partial charge in [0, 0.05) is 0 Å². The maximum absolute atomic E-state index is 10.2. The minimum atomic E-state index is -0.372. The maximum atomic E-state index is 10.2. The standard InChI is InChI=1S/C17H27NO2/c1-13-9-14(2)17(15(3)10-13)20-12-16(19)11-18-7-5-4-6-8-18/h9-10,16,19H,4-8,11-12H2,1-3H3/p+1. The molecule has 1 fully saturated rings. The Labute approximate surface area is 122 Å². The number of likely N-dealkylation sites (tertiary alicyclic amines) is 1. The molecule has 1 atom stereocenters. The Morgan fingerprint density at radius 2 is 1.70 bits per heavy atom. The summed E-state index contributed by atoms with van der Waals surface area (Å²) in [5, 5.41) is 10.2. The van der Waals surface area contributed by atoms with Crippen LogP contribution in [0.2, 0.25) is 0 Å². The van der Waals surface area contributed by atoms with Crippen molar-refractivity contribution in [3.05, 3.63) is 28.8 Å². The largest absolute Gasteiger partial charge is 0.490 e. The van der Waals surface area contributed by atoms with Gasteiger partial charge in [-0.05, 0) is 51.2 Å². The summed E-state index contributed by atoms with van der Waals surface area (Å²) in [5.41, 5.74) is 3.56. The third kappa shape index (κ3) is 4.22.